The highest BCUT2D eigenvalue weighted by molar-refractivity contribution is 5.94. The average Bonchev–Trinajstić information content (AvgIpc) is 2.97. The second-order valence-corrected chi connectivity index (χ2v) is 7.45. The first-order valence-corrected chi connectivity index (χ1v) is 9.08. The molecule has 2 fully saturated rings. The number of amides is 1. The molecule has 2 aliphatic rings. The molecule has 2 saturated heterocycles. The number of likely N-dealkylation sites (N-methyl/N-ethyl adjacent to an activating group) is 1. The second kappa shape index (κ2) is 7.19. The molecule has 1 aromatic rings. The van der Waals surface area contributed by atoms with E-state index in [1.807, 2.05) is 17.0 Å². The van der Waals surface area contributed by atoms with Crippen LogP contribution in [0.5, 0.6) is 0 Å². The largest absolute Gasteiger partial charge is 0.369 e. The van der Waals surface area contributed by atoms with Gasteiger partial charge >= 0.3 is 0 Å². The van der Waals surface area contributed by atoms with Gasteiger partial charge in [0.25, 0.3) is 5.91 Å². The molecular formula is C19H29N3O2. The highest BCUT2D eigenvalue weighted by Gasteiger charge is 2.44. The minimum absolute atomic E-state index is 0.0837. The van der Waals surface area contributed by atoms with Gasteiger partial charge in [-0.1, -0.05) is 6.92 Å². The van der Waals surface area contributed by atoms with E-state index in [2.05, 4.69) is 30.9 Å². The molecule has 1 spiro atoms. The summed E-state index contributed by atoms with van der Waals surface area (Å²) in [5, 5.41) is 0. The number of rotatable bonds is 4. The molecule has 5 nitrogen and oxygen atoms in total. The lowest BCUT2D eigenvalue weighted by atomic mass is 9.90. The number of carbonyl (C=O) groups is 1. The highest BCUT2D eigenvalue weighted by atomic mass is 16.5. The summed E-state index contributed by atoms with van der Waals surface area (Å²) in [6, 6.07) is 3.85. The number of nitrogens with zero attached hydrogens (tertiary/aromatic N) is 3. The van der Waals surface area contributed by atoms with Crippen LogP contribution in [0.4, 0.5) is 0 Å². The van der Waals surface area contributed by atoms with Crippen LogP contribution in [0.2, 0.25) is 0 Å². The summed E-state index contributed by atoms with van der Waals surface area (Å²) in [6.07, 6.45) is 7.21. The Morgan fingerprint density at radius 1 is 1.42 bits per heavy atom. The normalized spacial score (nSPS) is 27.2. The lowest BCUT2D eigenvalue weighted by Crippen LogP contribution is -2.46. The van der Waals surface area contributed by atoms with E-state index in [1.54, 1.807) is 6.20 Å². The topological polar surface area (TPSA) is 45.7 Å². The molecule has 1 aromatic heterocycles. The molecule has 5 heteroatoms. The number of pyridine rings is 1. The monoisotopic (exact) mass is 331 g/mol. The predicted molar refractivity (Wildman–Crippen MR) is 94.1 cm³/mol. The Morgan fingerprint density at radius 3 is 2.92 bits per heavy atom. The van der Waals surface area contributed by atoms with Crippen molar-refractivity contribution in [2.45, 2.75) is 50.7 Å². The third-order valence-corrected chi connectivity index (χ3v) is 5.18. The number of hydrogen-bond acceptors (Lipinski definition) is 4. The Hall–Kier alpha value is -1.46. The SMILES string of the molecule is CCc1ccc(C(=O)N2CC[C@]3(CCC[C@H](CN(C)C)O3)C2)cn1. The molecule has 2 atom stereocenters. The lowest BCUT2D eigenvalue weighted by molar-refractivity contribution is -0.124. The van der Waals surface area contributed by atoms with E-state index < -0.39 is 0 Å². The van der Waals surface area contributed by atoms with Crippen LogP contribution in [-0.2, 0) is 11.2 Å². The zero-order valence-electron chi connectivity index (χ0n) is 15.1. The molecule has 0 bridgehead atoms. The van der Waals surface area contributed by atoms with Crippen molar-refractivity contribution in [3.8, 4) is 0 Å². The summed E-state index contributed by atoms with van der Waals surface area (Å²) >= 11 is 0. The molecule has 3 heterocycles. The van der Waals surface area contributed by atoms with E-state index in [0.29, 0.717) is 12.1 Å². The van der Waals surface area contributed by atoms with Gasteiger partial charge in [0.1, 0.15) is 0 Å². The Balaban J connectivity index is 1.64. The summed E-state index contributed by atoms with van der Waals surface area (Å²) in [4.78, 5) is 21.2. The Labute approximate surface area is 145 Å². The summed E-state index contributed by atoms with van der Waals surface area (Å²) < 4.78 is 6.45. The van der Waals surface area contributed by atoms with E-state index in [4.69, 9.17) is 4.74 Å². The van der Waals surface area contributed by atoms with Gasteiger partial charge in [0.05, 0.1) is 23.8 Å². The smallest absolute Gasteiger partial charge is 0.255 e. The average molecular weight is 331 g/mol. The number of aryl methyl sites for hydroxylation is 1. The molecule has 0 aromatic carbocycles. The van der Waals surface area contributed by atoms with Crippen LogP contribution in [0.1, 0.15) is 48.7 Å². The number of carbonyl (C=O) groups excluding carboxylic acids is 1. The third-order valence-electron chi connectivity index (χ3n) is 5.18. The van der Waals surface area contributed by atoms with E-state index in [-0.39, 0.29) is 17.6 Å². The van der Waals surface area contributed by atoms with E-state index in [0.717, 1.165) is 44.5 Å². The number of likely N-dealkylation sites (tertiary alicyclic amines) is 1. The van der Waals surface area contributed by atoms with E-state index in [1.165, 1.54) is 6.42 Å². The van der Waals surface area contributed by atoms with Crippen LogP contribution < -0.4 is 0 Å². The maximum Gasteiger partial charge on any atom is 0.255 e. The van der Waals surface area contributed by atoms with Gasteiger partial charge in [-0.15, -0.1) is 0 Å². The van der Waals surface area contributed by atoms with Gasteiger partial charge in [0.2, 0.25) is 0 Å². The summed E-state index contributed by atoms with van der Waals surface area (Å²) in [5.41, 5.74) is 1.57. The zero-order valence-corrected chi connectivity index (χ0v) is 15.1. The summed E-state index contributed by atoms with van der Waals surface area (Å²) in [6.45, 7) is 4.52. The van der Waals surface area contributed by atoms with E-state index >= 15 is 0 Å². The zero-order chi connectivity index (χ0) is 17.2. The van der Waals surface area contributed by atoms with Gasteiger partial charge in [-0.3, -0.25) is 9.78 Å². The molecule has 0 radical (unpaired) electrons. The fraction of sp³-hybridized carbons (Fsp3) is 0.684. The van der Waals surface area contributed by atoms with Gasteiger partial charge in [-0.2, -0.15) is 0 Å². The molecule has 132 valence electrons. The van der Waals surface area contributed by atoms with Gasteiger partial charge in [0.15, 0.2) is 0 Å². The quantitative estimate of drug-likeness (QED) is 0.850. The molecule has 24 heavy (non-hydrogen) atoms. The van der Waals surface area contributed by atoms with Gasteiger partial charge in [0, 0.05) is 25.0 Å². The lowest BCUT2D eigenvalue weighted by Gasteiger charge is -2.39. The first-order chi connectivity index (χ1) is 11.5. The molecule has 0 saturated carbocycles. The van der Waals surface area contributed by atoms with Crippen molar-refractivity contribution in [2.24, 2.45) is 0 Å². The van der Waals surface area contributed by atoms with Gasteiger partial charge in [-0.25, -0.2) is 0 Å². The number of ether oxygens (including phenoxy) is 1. The molecule has 2 aliphatic heterocycles. The number of hydrogen-bond donors (Lipinski definition) is 0. The van der Waals surface area contributed by atoms with Crippen LogP contribution in [0.15, 0.2) is 18.3 Å². The van der Waals surface area contributed by atoms with Crippen molar-refractivity contribution in [3.63, 3.8) is 0 Å². The van der Waals surface area contributed by atoms with Crippen LogP contribution >= 0.6 is 0 Å². The molecule has 0 unspecified atom stereocenters. The fourth-order valence-corrected chi connectivity index (χ4v) is 3.92. The van der Waals surface area contributed by atoms with Crippen molar-refractivity contribution >= 4 is 5.91 Å². The standard InChI is InChI=1S/C19H29N3O2/c1-4-16-8-7-15(12-20-16)18(23)22-11-10-19(14-22)9-5-6-17(24-19)13-21(2)3/h7-8,12,17H,4-6,9-11,13-14H2,1-3H3/t17-,19-/m1/s1. The predicted octanol–water partition coefficient (Wildman–Crippen LogP) is 2.36. The summed E-state index contributed by atoms with van der Waals surface area (Å²) in [5.74, 6) is 0.0837. The van der Waals surface area contributed by atoms with E-state index in [9.17, 15) is 4.79 Å². The maximum absolute atomic E-state index is 12.8. The van der Waals surface area contributed by atoms with Crippen molar-refractivity contribution in [3.05, 3.63) is 29.6 Å². The van der Waals surface area contributed by atoms with Gasteiger partial charge in [-0.05, 0) is 58.3 Å². The molecule has 1 amide bonds. The van der Waals surface area contributed by atoms with Crippen molar-refractivity contribution in [1.82, 2.24) is 14.8 Å². The molecular weight excluding hydrogens is 302 g/mol. The Morgan fingerprint density at radius 2 is 2.25 bits per heavy atom. The Bertz CT molecular complexity index is 572. The highest BCUT2D eigenvalue weighted by Crippen LogP contribution is 2.37. The number of aromatic nitrogens is 1. The second-order valence-electron chi connectivity index (χ2n) is 7.45. The third kappa shape index (κ3) is 3.78. The summed E-state index contributed by atoms with van der Waals surface area (Å²) in [7, 11) is 4.17. The molecule has 0 N–H and O–H groups in total. The van der Waals surface area contributed by atoms with Crippen LogP contribution in [0.25, 0.3) is 0 Å². The van der Waals surface area contributed by atoms with Crippen LogP contribution in [0, 0.1) is 0 Å². The van der Waals surface area contributed by atoms with Gasteiger partial charge < -0.3 is 14.5 Å². The first-order valence-electron chi connectivity index (χ1n) is 9.08. The van der Waals surface area contributed by atoms with Crippen molar-refractivity contribution in [2.75, 3.05) is 33.7 Å². The van der Waals surface area contributed by atoms with Crippen LogP contribution in [0.3, 0.4) is 0 Å². The molecule has 0 aliphatic carbocycles. The first kappa shape index (κ1) is 17.4. The van der Waals surface area contributed by atoms with Crippen molar-refractivity contribution < 1.29 is 9.53 Å². The molecule has 3 rings (SSSR count). The van der Waals surface area contributed by atoms with Crippen LogP contribution in [-0.4, -0.2) is 66.1 Å². The minimum atomic E-state index is -0.134. The van der Waals surface area contributed by atoms with Crippen molar-refractivity contribution in [1.29, 1.82) is 0 Å². The fourth-order valence-electron chi connectivity index (χ4n) is 3.92. The Kier molecular flexibility index (Phi) is 5.21. The minimum Gasteiger partial charge on any atom is -0.369 e. The maximum atomic E-state index is 12.8.